The van der Waals surface area contributed by atoms with E-state index in [1.807, 2.05) is 4.90 Å². The van der Waals surface area contributed by atoms with Crippen LogP contribution in [0.4, 0.5) is 4.39 Å². The van der Waals surface area contributed by atoms with Gasteiger partial charge in [0.15, 0.2) is 0 Å². The number of amides is 1. The molecule has 2 fully saturated rings. The number of carbonyl (C=O) groups excluding carboxylic acids is 1. The number of rotatable bonds is 5. The number of aliphatic hydroxyl groups is 1. The van der Waals surface area contributed by atoms with Crippen molar-refractivity contribution in [3.63, 3.8) is 0 Å². The van der Waals surface area contributed by atoms with Crippen molar-refractivity contribution in [3.8, 4) is 0 Å². The van der Waals surface area contributed by atoms with Gasteiger partial charge in [0.05, 0.1) is 6.10 Å². The van der Waals surface area contributed by atoms with Crippen molar-refractivity contribution < 1.29 is 14.3 Å². The van der Waals surface area contributed by atoms with E-state index in [-0.39, 0.29) is 17.6 Å². The number of halogens is 1. The molecule has 1 unspecified atom stereocenters. The predicted octanol–water partition coefficient (Wildman–Crippen LogP) is 2.19. The Labute approximate surface area is 136 Å². The Morgan fingerprint density at radius 1 is 1.13 bits per heavy atom. The molecule has 0 saturated carbocycles. The van der Waals surface area contributed by atoms with Crippen molar-refractivity contribution >= 4 is 5.91 Å². The van der Waals surface area contributed by atoms with Crippen LogP contribution in [0, 0.1) is 11.7 Å². The summed E-state index contributed by atoms with van der Waals surface area (Å²) in [5.74, 6) is 0.240. The minimum Gasteiger partial charge on any atom is -0.388 e. The molecule has 0 aliphatic carbocycles. The Bertz CT molecular complexity index is 526. The van der Waals surface area contributed by atoms with Crippen molar-refractivity contribution in [2.75, 3.05) is 32.7 Å². The maximum Gasteiger partial charge on any atom is 0.222 e. The second kappa shape index (κ2) is 7.41. The Hall–Kier alpha value is -1.46. The first-order valence-electron chi connectivity index (χ1n) is 8.57. The lowest BCUT2D eigenvalue weighted by Crippen LogP contribution is -2.41. The molecule has 126 valence electrons. The quantitative estimate of drug-likeness (QED) is 0.904. The van der Waals surface area contributed by atoms with E-state index in [9.17, 15) is 14.3 Å². The zero-order chi connectivity index (χ0) is 16.2. The number of piperidine rings is 1. The lowest BCUT2D eigenvalue weighted by Gasteiger charge is -2.35. The zero-order valence-corrected chi connectivity index (χ0v) is 13.5. The molecule has 23 heavy (non-hydrogen) atoms. The van der Waals surface area contributed by atoms with Crippen LogP contribution in [0.3, 0.4) is 0 Å². The van der Waals surface area contributed by atoms with Crippen LogP contribution >= 0.6 is 0 Å². The third kappa shape index (κ3) is 4.09. The summed E-state index contributed by atoms with van der Waals surface area (Å²) in [4.78, 5) is 15.9. The van der Waals surface area contributed by atoms with E-state index in [2.05, 4.69) is 4.90 Å². The van der Waals surface area contributed by atoms with Crippen molar-refractivity contribution in [2.45, 2.75) is 31.8 Å². The molecule has 0 radical (unpaired) electrons. The van der Waals surface area contributed by atoms with Gasteiger partial charge in [0, 0.05) is 26.1 Å². The maximum absolute atomic E-state index is 13.0. The first-order chi connectivity index (χ1) is 11.1. The zero-order valence-electron chi connectivity index (χ0n) is 13.5. The van der Waals surface area contributed by atoms with Crippen molar-refractivity contribution in [2.24, 2.45) is 5.92 Å². The van der Waals surface area contributed by atoms with Crippen LogP contribution in [-0.4, -0.2) is 53.5 Å². The van der Waals surface area contributed by atoms with Crippen LogP contribution in [0.15, 0.2) is 24.3 Å². The molecule has 1 N–H and O–H groups in total. The highest BCUT2D eigenvalue weighted by atomic mass is 19.1. The van der Waals surface area contributed by atoms with E-state index in [1.54, 1.807) is 12.1 Å². The molecule has 5 heteroatoms. The fourth-order valence-electron chi connectivity index (χ4n) is 3.63. The highest BCUT2D eigenvalue weighted by Crippen LogP contribution is 2.30. The van der Waals surface area contributed by atoms with Crippen LogP contribution < -0.4 is 0 Å². The normalized spacial score (nSPS) is 21.8. The Morgan fingerprint density at radius 3 is 2.43 bits per heavy atom. The van der Waals surface area contributed by atoms with Crippen molar-refractivity contribution in [3.05, 3.63) is 35.6 Å². The Kier molecular flexibility index (Phi) is 5.28. The van der Waals surface area contributed by atoms with Gasteiger partial charge in [-0.15, -0.1) is 0 Å². The summed E-state index contributed by atoms with van der Waals surface area (Å²) < 4.78 is 13.0. The van der Waals surface area contributed by atoms with E-state index in [0.717, 1.165) is 57.5 Å². The molecule has 4 nitrogen and oxygen atoms in total. The van der Waals surface area contributed by atoms with E-state index in [1.165, 1.54) is 12.1 Å². The lowest BCUT2D eigenvalue weighted by molar-refractivity contribution is -0.127. The molecule has 1 aromatic rings. The van der Waals surface area contributed by atoms with E-state index in [0.29, 0.717) is 6.42 Å². The van der Waals surface area contributed by atoms with Gasteiger partial charge in [0.2, 0.25) is 5.91 Å². The van der Waals surface area contributed by atoms with Crippen LogP contribution in [0.2, 0.25) is 0 Å². The maximum atomic E-state index is 13.0. The highest BCUT2D eigenvalue weighted by Gasteiger charge is 2.27. The third-order valence-corrected chi connectivity index (χ3v) is 5.15. The number of benzene rings is 1. The second-order valence-corrected chi connectivity index (χ2v) is 6.66. The van der Waals surface area contributed by atoms with Gasteiger partial charge in [-0.3, -0.25) is 4.79 Å². The fraction of sp³-hybridized carbons (Fsp3) is 0.611. The van der Waals surface area contributed by atoms with Gasteiger partial charge in [-0.05, 0) is 56.0 Å². The first kappa shape index (κ1) is 16.4. The predicted molar refractivity (Wildman–Crippen MR) is 86.3 cm³/mol. The van der Waals surface area contributed by atoms with Crippen molar-refractivity contribution in [1.29, 1.82) is 0 Å². The summed E-state index contributed by atoms with van der Waals surface area (Å²) in [6.45, 7) is 4.55. The minimum atomic E-state index is -0.516. The molecule has 1 amide bonds. The SMILES string of the molecule is O=C1CCCN1CCN1CCC(C(O)c2ccc(F)cc2)CC1. The average molecular weight is 320 g/mol. The third-order valence-electron chi connectivity index (χ3n) is 5.15. The van der Waals surface area contributed by atoms with E-state index < -0.39 is 6.10 Å². The molecule has 0 spiro atoms. The number of aliphatic hydroxyl groups excluding tert-OH is 1. The van der Waals surface area contributed by atoms with Gasteiger partial charge in [-0.2, -0.15) is 0 Å². The Balaban J connectivity index is 1.44. The molecule has 1 atom stereocenters. The molecule has 2 aliphatic heterocycles. The Morgan fingerprint density at radius 2 is 1.83 bits per heavy atom. The number of likely N-dealkylation sites (tertiary alicyclic amines) is 2. The van der Waals surface area contributed by atoms with E-state index >= 15 is 0 Å². The van der Waals surface area contributed by atoms with Gasteiger partial charge >= 0.3 is 0 Å². The fourth-order valence-corrected chi connectivity index (χ4v) is 3.63. The van der Waals surface area contributed by atoms with Crippen LogP contribution in [0.1, 0.15) is 37.4 Å². The van der Waals surface area contributed by atoms with Crippen LogP contribution in [0.25, 0.3) is 0 Å². The summed E-state index contributed by atoms with van der Waals surface area (Å²) in [6, 6.07) is 6.15. The summed E-state index contributed by atoms with van der Waals surface area (Å²) in [7, 11) is 0. The lowest BCUT2D eigenvalue weighted by atomic mass is 9.87. The largest absolute Gasteiger partial charge is 0.388 e. The number of carbonyl (C=O) groups is 1. The molecule has 1 aromatic carbocycles. The minimum absolute atomic E-state index is 0.227. The number of hydrogen-bond acceptors (Lipinski definition) is 3. The summed E-state index contributed by atoms with van der Waals surface area (Å²) >= 11 is 0. The standard InChI is InChI=1S/C18H25FN2O2/c19-16-5-3-14(4-6-16)18(23)15-7-10-20(11-8-15)12-13-21-9-1-2-17(21)22/h3-6,15,18,23H,1-2,7-13H2. The molecule has 2 saturated heterocycles. The molecular weight excluding hydrogens is 295 g/mol. The topological polar surface area (TPSA) is 43.8 Å². The molecular formula is C18H25FN2O2. The summed E-state index contributed by atoms with van der Waals surface area (Å²) in [5, 5.41) is 10.5. The summed E-state index contributed by atoms with van der Waals surface area (Å²) in [5.41, 5.74) is 0.799. The molecule has 2 heterocycles. The molecule has 2 aliphatic rings. The smallest absolute Gasteiger partial charge is 0.222 e. The highest BCUT2D eigenvalue weighted by molar-refractivity contribution is 5.78. The summed E-state index contributed by atoms with van der Waals surface area (Å²) in [6.07, 6.45) is 3.05. The monoisotopic (exact) mass is 320 g/mol. The second-order valence-electron chi connectivity index (χ2n) is 6.66. The van der Waals surface area contributed by atoms with Gasteiger partial charge in [0.25, 0.3) is 0 Å². The van der Waals surface area contributed by atoms with Gasteiger partial charge in [-0.25, -0.2) is 4.39 Å². The van der Waals surface area contributed by atoms with Gasteiger partial charge in [-0.1, -0.05) is 12.1 Å². The van der Waals surface area contributed by atoms with Gasteiger partial charge < -0.3 is 14.9 Å². The molecule has 0 aromatic heterocycles. The van der Waals surface area contributed by atoms with Crippen LogP contribution in [-0.2, 0) is 4.79 Å². The van der Waals surface area contributed by atoms with Gasteiger partial charge in [0.1, 0.15) is 5.82 Å². The molecule has 0 bridgehead atoms. The molecule has 3 rings (SSSR count). The first-order valence-corrected chi connectivity index (χ1v) is 8.57. The number of hydrogen-bond donors (Lipinski definition) is 1. The average Bonchev–Trinajstić information content (AvgIpc) is 2.99. The van der Waals surface area contributed by atoms with Crippen molar-refractivity contribution in [1.82, 2.24) is 9.80 Å². The number of nitrogens with zero attached hydrogens (tertiary/aromatic N) is 2. The van der Waals surface area contributed by atoms with Crippen LogP contribution in [0.5, 0.6) is 0 Å². The van der Waals surface area contributed by atoms with E-state index in [4.69, 9.17) is 0 Å².